The van der Waals surface area contributed by atoms with Crippen LogP contribution in [0.1, 0.15) is 12.5 Å². The van der Waals surface area contributed by atoms with Gasteiger partial charge in [-0.2, -0.15) is 0 Å². The number of ether oxygens (including phenoxy) is 3. The lowest BCUT2D eigenvalue weighted by Crippen LogP contribution is -2.36. The van der Waals surface area contributed by atoms with E-state index in [2.05, 4.69) is 0 Å². The van der Waals surface area contributed by atoms with Crippen molar-refractivity contribution in [3.63, 3.8) is 0 Å². The minimum absolute atomic E-state index is 0.205. The third-order valence-electron chi connectivity index (χ3n) is 3.64. The first-order valence-electron chi connectivity index (χ1n) is 8.25. The largest absolute Gasteiger partial charge is 0.486 e. The van der Waals surface area contributed by atoms with Gasteiger partial charge in [-0.05, 0) is 30.7 Å². The maximum Gasteiger partial charge on any atom is 0.333 e. The van der Waals surface area contributed by atoms with Gasteiger partial charge in [0, 0.05) is 0 Å². The number of fused-ring (bicyclic) bond motifs is 1. The summed E-state index contributed by atoms with van der Waals surface area (Å²) in [6.07, 6.45) is 2.84. The zero-order valence-electron chi connectivity index (χ0n) is 14.6. The topological polar surface area (TPSA) is 110 Å². The Morgan fingerprint density at radius 1 is 1.30 bits per heavy atom. The van der Waals surface area contributed by atoms with Gasteiger partial charge in [0.1, 0.15) is 24.4 Å². The molecule has 1 aliphatic heterocycles. The first kappa shape index (κ1) is 18.7. The van der Waals surface area contributed by atoms with E-state index in [-0.39, 0.29) is 13.2 Å². The Balaban J connectivity index is 2.09. The van der Waals surface area contributed by atoms with Crippen molar-refractivity contribution >= 4 is 35.4 Å². The molecule has 0 saturated carbocycles. The monoisotopic (exact) mass is 390 g/mol. The van der Waals surface area contributed by atoms with Crippen LogP contribution in [0.2, 0.25) is 0 Å². The number of aromatic nitrogens is 1. The summed E-state index contributed by atoms with van der Waals surface area (Å²) in [7, 11) is 0. The third kappa shape index (κ3) is 4.37. The van der Waals surface area contributed by atoms with Gasteiger partial charge in [0.15, 0.2) is 11.5 Å². The van der Waals surface area contributed by atoms with E-state index in [0.717, 1.165) is 21.5 Å². The number of thiazole rings is 1. The van der Waals surface area contributed by atoms with Crippen LogP contribution in [-0.4, -0.2) is 36.3 Å². The summed E-state index contributed by atoms with van der Waals surface area (Å²) in [5.41, 5.74) is 5.54. The van der Waals surface area contributed by atoms with Crippen LogP contribution in [-0.2, 0) is 20.9 Å². The van der Waals surface area contributed by atoms with Gasteiger partial charge in [-0.1, -0.05) is 6.07 Å². The number of esters is 1. The molecular weight excluding hydrogens is 372 g/mol. The van der Waals surface area contributed by atoms with Crippen molar-refractivity contribution in [1.82, 2.24) is 4.57 Å². The molecule has 2 N–H and O–H groups in total. The Bertz CT molecular complexity index is 1050. The lowest BCUT2D eigenvalue weighted by Gasteiger charge is -2.18. The van der Waals surface area contributed by atoms with E-state index < -0.39 is 17.4 Å². The fourth-order valence-electron chi connectivity index (χ4n) is 2.53. The molecule has 27 heavy (non-hydrogen) atoms. The van der Waals surface area contributed by atoms with E-state index in [4.69, 9.17) is 19.9 Å². The summed E-state index contributed by atoms with van der Waals surface area (Å²) in [6.45, 7) is 2.51. The number of rotatable bonds is 5. The van der Waals surface area contributed by atoms with Crippen LogP contribution in [0.3, 0.4) is 0 Å². The van der Waals surface area contributed by atoms with Crippen LogP contribution in [0.15, 0.2) is 23.0 Å². The van der Waals surface area contributed by atoms with Crippen molar-refractivity contribution in [3.8, 4) is 11.5 Å². The standard InChI is InChI=1S/C18H18N2O6S/c1-2-24-17(22)9-16-20(10-15(19)21)18(23)14(27-16)8-11-3-4-12-13(7-11)26-6-5-25-12/h3-4,7-9H,2,5-6,10H2,1H3,(H2,19,21)/b14-8-,16-9-. The number of nitrogens with two attached hydrogens (primary N) is 1. The Morgan fingerprint density at radius 3 is 2.74 bits per heavy atom. The van der Waals surface area contributed by atoms with Gasteiger partial charge < -0.3 is 19.9 Å². The number of nitrogens with zero attached hydrogens (tertiary/aromatic N) is 1. The molecule has 0 fully saturated rings. The molecule has 2 aromatic rings. The van der Waals surface area contributed by atoms with Gasteiger partial charge in [0.2, 0.25) is 5.91 Å². The van der Waals surface area contributed by atoms with Crippen LogP contribution in [0.4, 0.5) is 0 Å². The number of carbonyl (C=O) groups excluding carboxylic acids is 2. The van der Waals surface area contributed by atoms with Crippen molar-refractivity contribution in [2.24, 2.45) is 5.73 Å². The molecule has 1 aromatic carbocycles. The molecule has 0 atom stereocenters. The van der Waals surface area contributed by atoms with Gasteiger partial charge in [-0.3, -0.25) is 14.2 Å². The molecule has 3 rings (SSSR count). The van der Waals surface area contributed by atoms with Crippen LogP contribution < -0.4 is 30.0 Å². The molecule has 142 valence electrons. The van der Waals surface area contributed by atoms with Crippen LogP contribution in [0, 0.1) is 0 Å². The maximum atomic E-state index is 12.7. The average molecular weight is 390 g/mol. The van der Waals surface area contributed by atoms with Crippen molar-refractivity contribution < 1.29 is 23.8 Å². The molecule has 0 spiro atoms. The molecule has 0 saturated heterocycles. The van der Waals surface area contributed by atoms with E-state index in [9.17, 15) is 14.4 Å². The van der Waals surface area contributed by atoms with Gasteiger partial charge in [0.05, 0.1) is 17.2 Å². The fourth-order valence-corrected chi connectivity index (χ4v) is 3.57. The highest BCUT2D eigenvalue weighted by atomic mass is 32.1. The summed E-state index contributed by atoms with van der Waals surface area (Å²) in [6, 6.07) is 5.32. The van der Waals surface area contributed by atoms with Crippen LogP contribution in [0.5, 0.6) is 11.5 Å². The summed E-state index contributed by atoms with van der Waals surface area (Å²) < 4.78 is 17.7. The normalized spacial score (nSPS) is 14.3. The van der Waals surface area contributed by atoms with E-state index in [1.54, 1.807) is 31.2 Å². The average Bonchev–Trinajstić information content (AvgIpc) is 2.90. The second-order valence-electron chi connectivity index (χ2n) is 5.61. The van der Waals surface area contributed by atoms with Crippen molar-refractivity contribution in [2.45, 2.75) is 13.5 Å². The maximum absolute atomic E-state index is 12.7. The van der Waals surface area contributed by atoms with E-state index in [1.807, 2.05) is 0 Å². The number of amides is 1. The van der Waals surface area contributed by atoms with E-state index in [1.165, 1.54) is 6.08 Å². The number of benzene rings is 1. The molecule has 0 bridgehead atoms. The summed E-state index contributed by atoms with van der Waals surface area (Å²) in [4.78, 5) is 35.7. The first-order valence-corrected chi connectivity index (χ1v) is 9.07. The zero-order valence-corrected chi connectivity index (χ0v) is 15.4. The highest BCUT2D eigenvalue weighted by molar-refractivity contribution is 7.07. The van der Waals surface area contributed by atoms with Crippen LogP contribution >= 0.6 is 11.3 Å². The number of carbonyl (C=O) groups is 2. The Labute approximate surface area is 158 Å². The molecule has 1 aromatic heterocycles. The number of hydrogen-bond acceptors (Lipinski definition) is 7. The molecular formula is C18H18N2O6S. The highest BCUT2D eigenvalue weighted by Gasteiger charge is 2.12. The molecule has 0 unspecified atom stereocenters. The molecule has 8 nitrogen and oxygen atoms in total. The molecule has 0 aliphatic carbocycles. The Hall–Kier alpha value is -3.07. The Morgan fingerprint density at radius 2 is 2.04 bits per heavy atom. The third-order valence-corrected chi connectivity index (χ3v) is 4.70. The quantitative estimate of drug-likeness (QED) is 0.679. The second kappa shape index (κ2) is 8.09. The fraction of sp³-hybridized carbons (Fsp3) is 0.278. The van der Waals surface area contributed by atoms with Gasteiger partial charge in [-0.25, -0.2) is 4.79 Å². The van der Waals surface area contributed by atoms with Crippen molar-refractivity contribution in [2.75, 3.05) is 19.8 Å². The number of primary amides is 1. The van der Waals surface area contributed by atoms with Crippen LogP contribution in [0.25, 0.3) is 12.2 Å². The zero-order chi connectivity index (χ0) is 19.4. The van der Waals surface area contributed by atoms with E-state index in [0.29, 0.717) is 33.9 Å². The summed E-state index contributed by atoms with van der Waals surface area (Å²) in [5, 5.41) is 0. The second-order valence-corrected chi connectivity index (χ2v) is 6.67. The SMILES string of the molecule is CCOC(=O)/C=c1\s/c(=C\c2ccc3c(c2)OCCO3)c(=O)n1CC(N)=O. The summed E-state index contributed by atoms with van der Waals surface area (Å²) in [5.74, 6) is -0.0310. The molecule has 9 heteroatoms. The highest BCUT2D eigenvalue weighted by Crippen LogP contribution is 2.30. The summed E-state index contributed by atoms with van der Waals surface area (Å²) >= 11 is 1.07. The first-order chi connectivity index (χ1) is 13.0. The molecule has 2 heterocycles. The van der Waals surface area contributed by atoms with Crippen molar-refractivity contribution in [3.05, 3.63) is 43.3 Å². The van der Waals surface area contributed by atoms with Gasteiger partial charge in [-0.15, -0.1) is 11.3 Å². The van der Waals surface area contributed by atoms with Crippen molar-refractivity contribution in [1.29, 1.82) is 0 Å². The molecule has 0 radical (unpaired) electrons. The molecule has 1 amide bonds. The number of hydrogen-bond donors (Lipinski definition) is 1. The lowest BCUT2D eigenvalue weighted by atomic mass is 10.2. The van der Waals surface area contributed by atoms with E-state index >= 15 is 0 Å². The molecule has 1 aliphatic rings. The minimum atomic E-state index is -0.681. The smallest absolute Gasteiger partial charge is 0.333 e. The van der Waals surface area contributed by atoms with Gasteiger partial charge in [0.25, 0.3) is 5.56 Å². The predicted octanol–water partition coefficient (Wildman–Crippen LogP) is -0.661. The lowest BCUT2D eigenvalue weighted by molar-refractivity contribution is -0.135. The Kier molecular flexibility index (Phi) is 5.60. The minimum Gasteiger partial charge on any atom is -0.486 e. The van der Waals surface area contributed by atoms with Gasteiger partial charge >= 0.3 is 5.97 Å². The predicted molar refractivity (Wildman–Crippen MR) is 99.1 cm³/mol.